The number of aromatic nitrogens is 3. The maximum absolute atomic E-state index is 13.0. The minimum atomic E-state index is -0.324. The van der Waals surface area contributed by atoms with Crippen LogP contribution in [0.5, 0.6) is 0 Å². The molecule has 0 fully saturated rings. The van der Waals surface area contributed by atoms with E-state index in [1.807, 2.05) is 30.3 Å². The fourth-order valence-corrected chi connectivity index (χ4v) is 2.61. The Morgan fingerprint density at radius 2 is 1.81 bits per heavy atom. The summed E-state index contributed by atoms with van der Waals surface area (Å²) in [4.78, 5) is 12.3. The number of benzene rings is 2. The molecule has 7 heteroatoms. The van der Waals surface area contributed by atoms with Gasteiger partial charge in [-0.2, -0.15) is 5.10 Å². The highest BCUT2D eigenvalue weighted by Gasteiger charge is 2.12. The summed E-state index contributed by atoms with van der Waals surface area (Å²) in [7, 11) is 0. The average molecular weight is 362 g/mol. The predicted octanol–water partition coefficient (Wildman–Crippen LogP) is 3.80. The fourth-order valence-electron chi connectivity index (χ4n) is 2.61. The molecule has 0 bridgehead atoms. The van der Waals surface area contributed by atoms with Crippen molar-refractivity contribution in [3.8, 4) is 22.6 Å². The molecule has 0 unspecified atom stereocenters. The molecule has 2 N–H and O–H groups in total. The van der Waals surface area contributed by atoms with Crippen molar-refractivity contribution < 1.29 is 13.7 Å². The van der Waals surface area contributed by atoms with E-state index in [-0.39, 0.29) is 18.3 Å². The molecule has 134 valence electrons. The first kappa shape index (κ1) is 16.7. The predicted molar refractivity (Wildman–Crippen MR) is 97.1 cm³/mol. The standard InChI is InChI=1S/C20H15FN4O2/c21-15-8-6-13(7-9-15)17-11-18(24-23-17)20(26)22-12-16-10-19(27-25-16)14-4-2-1-3-5-14/h1-11H,12H2,(H,22,26)(H,23,24). The topological polar surface area (TPSA) is 83.8 Å². The van der Waals surface area contributed by atoms with Gasteiger partial charge in [0.15, 0.2) is 5.76 Å². The van der Waals surface area contributed by atoms with Gasteiger partial charge >= 0.3 is 0 Å². The summed E-state index contributed by atoms with van der Waals surface area (Å²) in [5.74, 6) is -0.00477. The lowest BCUT2D eigenvalue weighted by molar-refractivity contribution is 0.0945. The molecule has 4 rings (SSSR count). The summed E-state index contributed by atoms with van der Waals surface area (Å²) in [5, 5.41) is 13.5. The van der Waals surface area contributed by atoms with E-state index in [1.165, 1.54) is 12.1 Å². The largest absolute Gasteiger partial charge is 0.356 e. The van der Waals surface area contributed by atoms with Crippen LogP contribution < -0.4 is 5.32 Å². The van der Waals surface area contributed by atoms with E-state index in [9.17, 15) is 9.18 Å². The Morgan fingerprint density at radius 1 is 1.04 bits per heavy atom. The van der Waals surface area contributed by atoms with E-state index < -0.39 is 0 Å². The molecule has 2 aromatic heterocycles. The van der Waals surface area contributed by atoms with E-state index in [2.05, 4.69) is 20.7 Å². The third-order valence-corrected chi connectivity index (χ3v) is 4.01. The van der Waals surface area contributed by atoms with Crippen LogP contribution in [0.4, 0.5) is 4.39 Å². The van der Waals surface area contributed by atoms with Crippen molar-refractivity contribution in [3.05, 3.63) is 83.9 Å². The normalized spacial score (nSPS) is 10.7. The van der Waals surface area contributed by atoms with E-state index in [1.54, 1.807) is 24.3 Å². The highest BCUT2D eigenvalue weighted by Crippen LogP contribution is 2.20. The van der Waals surface area contributed by atoms with E-state index in [0.717, 1.165) is 11.1 Å². The number of hydrogen-bond acceptors (Lipinski definition) is 4. The zero-order valence-corrected chi connectivity index (χ0v) is 14.1. The van der Waals surface area contributed by atoms with Crippen LogP contribution in [-0.4, -0.2) is 21.3 Å². The quantitative estimate of drug-likeness (QED) is 0.566. The Bertz CT molecular complexity index is 1060. The van der Waals surface area contributed by atoms with Gasteiger partial charge in [0.2, 0.25) is 0 Å². The van der Waals surface area contributed by atoms with E-state index >= 15 is 0 Å². The lowest BCUT2D eigenvalue weighted by atomic mass is 10.1. The number of nitrogens with zero attached hydrogens (tertiary/aromatic N) is 2. The second-order valence-corrected chi connectivity index (χ2v) is 5.90. The number of nitrogens with one attached hydrogen (secondary N) is 2. The molecule has 6 nitrogen and oxygen atoms in total. The third-order valence-electron chi connectivity index (χ3n) is 4.01. The van der Waals surface area contributed by atoms with E-state index in [4.69, 9.17) is 4.52 Å². The van der Waals surface area contributed by atoms with Crippen molar-refractivity contribution >= 4 is 5.91 Å². The van der Waals surface area contributed by atoms with Gasteiger partial charge in [-0.1, -0.05) is 35.5 Å². The van der Waals surface area contributed by atoms with Gasteiger partial charge in [-0.3, -0.25) is 9.89 Å². The van der Waals surface area contributed by atoms with Crippen molar-refractivity contribution in [1.82, 2.24) is 20.7 Å². The Kier molecular flexibility index (Phi) is 4.49. The Hall–Kier alpha value is -3.74. The van der Waals surface area contributed by atoms with Gasteiger partial charge in [0, 0.05) is 17.2 Å². The molecule has 4 aromatic rings. The maximum atomic E-state index is 13.0. The highest BCUT2D eigenvalue weighted by atomic mass is 19.1. The van der Waals surface area contributed by atoms with Crippen molar-refractivity contribution in [2.75, 3.05) is 0 Å². The fraction of sp³-hybridized carbons (Fsp3) is 0.0500. The maximum Gasteiger partial charge on any atom is 0.269 e. The lowest BCUT2D eigenvalue weighted by Gasteiger charge is -1.99. The third kappa shape index (κ3) is 3.77. The van der Waals surface area contributed by atoms with Gasteiger partial charge in [0.25, 0.3) is 5.91 Å². The highest BCUT2D eigenvalue weighted by molar-refractivity contribution is 5.93. The van der Waals surface area contributed by atoms with Gasteiger partial charge in [0.05, 0.1) is 12.2 Å². The summed E-state index contributed by atoms with van der Waals surface area (Å²) in [5.41, 5.74) is 3.12. The molecule has 0 radical (unpaired) electrons. The molecule has 0 aliphatic rings. The van der Waals surface area contributed by atoms with E-state index in [0.29, 0.717) is 22.8 Å². The molecule has 0 aliphatic carbocycles. The van der Waals surface area contributed by atoms with Gasteiger partial charge in [0.1, 0.15) is 17.2 Å². The summed E-state index contributed by atoms with van der Waals surface area (Å²) in [6.45, 7) is 0.222. The average Bonchev–Trinajstić information content (AvgIpc) is 3.37. The van der Waals surface area contributed by atoms with Crippen LogP contribution in [0.15, 0.2) is 71.3 Å². The molecule has 2 aromatic carbocycles. The number of rotatable bonds is 5. The number of H-pyrrole nitrogens is 1. The first-order valence-corrected chi connectivity index (χ1v) is 8.29. The molecule has 2 heterocycles. The van der Waals surface area contributed by atoms with Crippen molar-refractivity contribution in [2.24, 2.45) is 0 Å². The Morgan fingerprint density at radius 3 is 2.59 bits per heavy atom. The Balaban J connectivity index is 1.40. The number of carbonyl (C=O) groups is 1. The Labute approximate surface area is 154 Å². The van der Waals surface area contributed by atoms with Gasteiger partial charge in [-0.15, -0.1) is 0 Å². The van der Waals surface area contributed by atoms with Crippen molar-refractivity contribution in [1.29, 1.82) is 0 Å². The number of hydrogen-bond donors (Lipinski definition) is 2. The van der Waals surface area contributed by atoms with Crippen LogP contribution in [0.1, 0.15) is 16.2 Å². The zero-order valence-electron chi connectivity index (χ0n) is 14.1. The minimum Gasteiger partial charge on any atom is -0.356 e. The molecule has 27 heavy (non-hydrogen) atoms. The summed E-state index contributed by atoms with van der Waals surface area (Å²) >= 11 is 0. The number of aromatic amines is 1. The smallest absolute Gasteiger partial charge is 0.269 e. The molecular weight excluding hydrogens is 347 g/mol. The summed E-state index contributed by atoms with van der Waals surface area (Å²) in [6.07, 6.45) is 0. The lowest BCUT2D eigenvalue weighted by Crippen LogP contribution is -2.23. The number of amides is 1. The SMILES string of the molecule is O=C(NCc1cc(-c2ccccc2)on1)c1cc(-c2ccc(F)cc2)n[nH]1. The van der Waals surface area contributed by atoms with Crippen molar-refractivity contribution in [2.45, 2.75) is 6.54 Å². The first-order valence-electron chi connectivity index (χ1n) is 8.29. The van der Waals surface area contributed by atoms with Crippen LogP contribution in [0, 0.1) is 5.82 Å². The first-order chi connectivity index (χ1) is 13.2. The molecule has 0 atom stereocenters. The molecule has 0 saturated carbocycles. The molecule has 0 spiro atoms. The molecular formula is C20H15FN4O2. The van der Waals surface area contributed by atoms with Gasteiger partial charge in [-0.05, 0) is 30.3 Å². The second kappa shape index (κ2) is 7.25. The second-order valence-electron chi connectivity index (χ2n) is 5.90. The zero-order chi connectivity index (χ0) is 18.6. The summed E-state index contributed by atoms with van der Waals surface area (Å²) in [6, 6.07) is 18.9. The molecule has 1 amide bonds. The molecule has 0 saturated heterocycles. The van der Waals surface area contributed by atoms with Gasteiger partial charge in [-0.25, -0.2) is 4.39 Å². The van der Waals surface area contributed by atoms with Crippen LogP contribution in [0.2, 0.25) is 0 Å². The number of halogens is 1. The minimum absolute atomic E-state index is 0.222. The summed E-state index contributed by atoms with van der Waals surface area (Å²) < 4.78 is 18.3. The van der Waals surface area contributed by atoms with Crippen LogP contribution in [-0.2, 0) is 6.54 Å². The van der Waals surface area contributed by atoms with Crippen LogP contribution in [0.3, 0.4) is 0 Å². The number of carbonyl (C=O) groups excluding carboxylic acids is 1. The van der Waals surface area contributed by atoms with Crippen LogP contribution in [0.25, 0.3) is 22.6 Å². The van der Waals surface area contributed by atoms with Crippen molar-refractivity contribution in [3.63, 3.8) is 0 Å². The van der Waals surface area contributed by atoms with Gasteiger partial charge < -0.3 is 9.84 Å². The van der Waals surface area contributed by atoms with Crippen LogP contribution >= 0.6 is 0 Å². The molecule has 0 aliphatic heterocycles. The monoisotopic (exact) mass is 362 g/mol.